The minimum Gasteiger partial charge on any atom is -0.278 e. The van der Waals surface area contributed by atoms with Gasteiger partial charge in [-0.25, -0.2) is 0 Å². The molecule has 0 amide bonds. The highest BCUT2D eigenvalue weighted by atomic mass is 15.5. The molecule has 18 heavy (non-hydrogen) atoms. The van der Waals surface area contributed by atoms with E-state index >= 15 is 0 Å². The predicted octanol–water partition coefficient (Wildman–Crippen LogP) is 3.17. The Morgan fingerprint density at radius 2 is 1.89 bits per heavy atom. The van der Waals surface area contributed by atoms with Gasteiger partial charge in [0.05, 0.1) is 5.69 Å². The van der Waals surface area contributed by atoms with E-state index in [0.29, 0.717) is 5.82 Å². The van der Waals surface area contributed by atoms with Crippen molar-refractivity contribution >= 4 is 5.82 Å². The van der Waals surface area contributed by atoms with Crippen molar-refractivity contribution in [3.8, 4) is 11.3 Å². The molecule has 1 aliphatic heterocycles. The van der Waals surface area contributed by atoms with Gasteiger partial charge in [0, 0.05) is 19.2 Å². The Kier molecular flexibility index (Phi) is 3.04. The van der Waals surface area contributed by atoms with Crippen LogP contribution in [0.25, 0.3) is 11.3 Å². The molecule has 1 aromatic carbocycles. The number of nitrogens with one attached hydrogen (secondary N) is 1. The molecule has 1 fully saturated rings. The molecule has 2 heterocycles. The van der Waals surface area contributed by atoms with Crippen molar-refractivity contribution in [2.45, 2.75) is 12.8 Å². The third kappa shape index (κ3) is 2.40. The van der Waals surface area contributed by atoms with E-state index in [1.165, 1.54) is 12.8 Å². The molecule has 0 saturated carbocycles. The van der Waals surface area contributed by atoms with Crippen LogP contribution in [-0.2, 0) is 0 Å². The zero-order chi connectivity index (χ0) is 12.2. The van der Waals surface area contributed by atoms with Gasteiger partial charge in [0.25, 0.3) is 0 Å². The molecule has 2 aromatic rings. The summed E-state index contributed by atoms with van der Waals surface area (Å²) < 4.78 is 0. The highest BCUT2D eigenvalue weighted by Crippen LogP contribution is 2.21. The fourth-order valence-electron chi connectivity index (χ4n) is 2.03. The number of H-pyrrole nitrogens is 1. The minimum atomic E-state index is 0.626. The molecule has 1 aromatic heterocycles. The van der Waals surface area contributed by atoms with Crippen molar-refractivity contribution in [1.29, 1.82) is 0 Å². The first-order chi connectivity index (χ1) is 8.92. The second kappa shape index (κ2) is 5.00. The molecule has 3 rings (SSSR count). The zero-order valence-electron chi connectivity index (χ0n) is 10.1. The van der Waals surface area contributed by atoms with Crippen molar-refractivity contribution in [2.75, 3.05) is 13.1 Å². The van der Waals surface area contributed by atoms with E-state index in [1.54, 1.807) is 0 Å². The van der Waals surface area contributed by atoms with Crippen LogP contribution in [-0.4, -0.2) is 28.3 Å². The van der Waals surface area contributed by atoms with Crippen LogP contribution in [0.5, 0.6) is 0 Å². The maximum Gasteiger partial charge on any atom is 0.197 e. The standard InChI is InChI=1S/C13H15N5/c1-2-6-11(7-3-1)12-10-13(15-14-12)16-17-18-8-4-5-9-18/h1-3,6-7,10H,4-5,8-9H2,(H,14,15). The lowest BCUT2D eigenvalue weighted by Gasteiger charge is -2.05. The van der Waals surface area contributed by atoms with E-state index in [9.17, 15) is 0 Å². The molecule has 0 radical (unpaired) electrons. The number of nitrogens with zero attached hydrogens (tertiary/aromatic N) is 4. The average molecular weight is 241 g/mol. The van der Waals surface area contributed by atoms with Crippen LogP contribution >= 0.6 is 0 Å². The molecule has 1 saturated heterocycles. The third-order valence-electron chi connectivity index (χ3n) is 3.01. The van der Waals surface area contributed by atoms with Crippen molar-refractivity contribution in [1.82, 2.24) is 15.2 Å². The van der Waals surface area contributed by atoms with E-state index in [0.717, 1.165) is 24.3 Å². The summed E-state index contributed by atoms with van der Waals surface area (Å²) in [5.41, 5.74) is 2.07. The Hall–Kier alpha value is -2.17. The van der Waals surface area contributed by atoms with Crippen LogP contribution in [0.4, 0.5) is 5.82 Å². The van der Waals surface area contributed by atoms with Crippen LogP contribution in [0.15, 0.2) is 46.7 Å². The van der Waals surface area contributed by atoms with Gasteiger partial charge in [-0.2, -0.15) is 5.10 Å². The van der Waals surface area contributed by atoms with Gasteiger partial charge in [0.1, 0.15) is 0 Å². The number of aromatic nitrogens is 2. The lowest BCUT2D eigenvalue weighted by molar-refractivity contribution is 0.336. The summed E-state index contributed by atoms with van der Waals surface area (Å²) >= 11 is 0. The summed E-state index contributed by atoms with van der Waals surface area (Å²) in [6.07, 6.45) is 2.41. The Labute approximate surface area is 106 Å². The second-order valence-electron chi connectivity index (χ2n) is 4.36. The zero-order valence-corrected chi connectivity index (χ0v) is 10.1. The fraction of sp³-hybridized carbons (Fsp3) is 0.308. The lowest BCUT2D eigenvalue weighted by atomic mass is 10.2. The van der Waals surface area contributed by atoms with Crippen molar-refractivity contribution < 1.29 is 0 Å². The molecule has 0 spiro atoms. The van der Waals surface area contributed by atoms with Crippen LogP contribution in [0.2, 0.25) is 0 Å². The third-order valence-corrected chi connectivity index (χ3v) is 3.01. The summed E-state index contributed by atoms with van der Waals surface area (Å²) in [4.78, 5) is 0. The molecule has 0 unspecified atom stereocenters. The topological polar surface area (TPSA) is 56.6 Å². The number of rotatable bonds is 3. The normalized spacial score (nSPS) is 15.7. The molecule has 5 heteroatoms. The monoisotopic (exact) mass is 241 g/mol. The molecule has 92 valence electrons. The van der Waals surface area contributed by atoms with Crippen molar-refractivity contribution in [3.05, 3.63) is 36.4 Å². The van der Waals surface area contributed by atoms with Gasteiger partial charge < -0.3 is 0 Å². The highest BCUT2D eigenvalue weighted by molar-refractivity contribution is 5.61. The number of benzene rings is 1. The van der Waals surface area contributed by atoms with Crippen LogP contribution in [0.3, 0.4) is 0 Å². The Bertz CT molecular complexity index is 525. The quantitative estimate of drug-likeness (QED) is 0.839. The van der Waals surface area contributed by atoms with Gasteiger partial charge in [0.2, 0.25) is 0 Å². The first kappa shape index (κ1) is 11.0. The first-order valence-corrected chi connectivity index (χ1v) is 6.19. The van der Waals surface area contributed by atoms with E-state index in [1.807, 2.05) is 41.4 Å². The fourth-order valence-corrected chi connectivity index (χ4v) is 2.03. The smallest absolute Gasteiger partial charge is 0.197 e. The molecule has 0 atom stereocenters. The van der Waals surface area contributed by atoms with E-state index < -0.39 is 0 Å². The molecule has 1 N–H and O–H groups in total. The SMILES string of the molecule is c1ccc(-c2cc(N=NN3CCCC3)n[nH]2)cc1. The summed E-state index contributed by atoms with van der Waals surface area (Å²) in [5, 5.41) is 17.4. The van der Waals surface area contributed by atoms with Gasteiger partial charge in [-0.15, -0.1) is 5.11 Å². The Morgan fingerprint density at radius 1 is 1.11 bits per heavy atom. The minimum absolute atomic E-state index is 0.626. The maximum atomic E-state index is 4.18. The van der Waals surface area contributed by atoms with Gasteiger partial charge >= 0.3 is 0 Å². The summed E-state index contributed by atoms with van der Waals surface area (Å²) in [5.74, 6) is 0.626. The lowest BCUT2D eigenvalue weighted by Crippen LogP contribution is -2.09. The van der Waals surface area contributed by atoms with Gasteiger partial charge in [-0.05, 0) is 18.4 Å². The summed E-state index contributed by atoms with van der Waals surface area (Å²) in [7, 11) is 0. The number of hydrogen-bond donors (Lipinski definition) is 1. The molecule has 1 aliphatic rings. The average Bonchev–Trinajstić information content (AvgIpc) is 3.09. The number of hydrogen-bond acceptors (Lipinski definition) is 3. The molecular weight excluding hydrogens is 226 g/mol. The molecular formula is C13H15N5. The van der Waals surface area contributed by atoms with Gasteiger partial charge in [-0.3, -0.25) is 10.1 Å². The molecule has 0 aliphatic carbocycles. The van der Waals surface area contributed by atoms with E-state index in [2.05, 4.69) is 20.5 Å². The summed E-state index contributed by atoms with van der Waals surface area (Å²) in [6, 6.07) is 12.0. The van der Waals surface area contributed by atoms with Gasteiger partial charge in [-0.1, -0.05) is 35.6 Å². The van der Waals surface area contributed by atoms with Crippen molar-refractivity contribution in [2.24, 2.45) is 10.3 Å². The van der Waals surface area contributed by atoms with Crippen molar-refractivity contribution in [3.63, 3.8) is 0 Å². The molecule has 0 bridgehead atoms. The number of aromatic amines is 1. The largest absolute Gasteiger partial charge is 0.278 e. The first-order valence-electron chi connectivity index (χ1n) is 6.19. The second-order valence-corrected chi connectivity index (χ2v) is 4.36. The molecule has 5 nitrogen and oxygen atoms in total. The predicted molar refractivity (Wildman–Crippen MR) is 69.3 cm³/mol. The van der Waals surface area contributed by atoms with Crippen LogP contribution in [0, 0.1) is 0 Å². The van der Waals surface area contributed by atoms with E-state index in [4.69, 9.17) is 0 Å². The summed E-state index contributed by atoms with van der Waals surface area (Å²) in [6.45, 7) is 2.00. The van der Waals surface area contributed by atoms with Gasteiger partial charge in [0.15, 0.2) is 5.82 Å². The van der Waals surface area contributed by atoms with E-state index in [-0.39, 0.29) is 0 Å². The highest BCUT2D eigenvalue weighted by Gasteiger charge is 2.09. The van der Waals surface area contributed by atoms with Crippen LogP contribution < -0.4 is 0 Å². The Balaban J connectivity index is 1.73. The van der Waals surface area contributed by atoms with Crippen LogP contribution in [0.1, 0.15) is 12.8 Å². The Morgan fingerprint density at radius 3 is 2.67 bits per heavy atom. The maximum absolute atomic E-state index is 4.18.